The van der Waals surface area contributed by atoms with Crippen LogP contribution >= 0.6 is 0 Å². The molecule has 250 valence electrons. The standard InChI is InChI=1S/C54H34/c1-5-22-45-35(12-1)26-28-49-51(45)33-41-14-3-7-24-47(41)53(49)43-20-10-18-39(31-43)37-16-9-17-38(30-37)40-19-11-21-44(32-40)54-48-25-8-4-15-42(48)34-52-46-23-6-2-13-36(46)27-29-50(52)54/h1-34H. The summed E-state index contributed by atoms with van der Waals surface area (Å²) in [5.74, 6) is 0. The summed E-state index contributed by atoms with van der Waals surface area (Å²) < 4.78 is 0. The van der Waals surface area contributed by atoms with E-state index in [1.807, 2.05) is 0 Å². The Morgan fingerprint density at radius 3 is 0.926 bits per heavy atom. The van der Waals surface area contributed by atoms with Crippen LogP contribution in [0.4, 0.5) is 0 Å². The normalized spacial score (nSPS) is 11.7. The molecule has 54 heavy (non-hydrogen) atoms. The number of rotatable bonds is 4. The zero-order chi connectivity index (χ0) is 35.6. The first kappa shape index (κ1) is 30.6. The molecule has 0 fully saturated rings. The van der Waals surface area contributed by atoms with Gasteiger partial charge in [0, 0.05) is 0 Å². The predicted molar refractivity (Wildman–Crippen MR) is 233 cm³/mol. The molecule has 0 heterocycles. The molecule has 0 aliphatic heterocycles. The molecule has 0 aromatic heterocycles. The molecule has 0 aliphatic carbocycles. The summed E-state index contributed by atoms with van der Waals surface area (Å²) in [6.45, 7) is 0. The summed E-state index contributed by atoms with van der Waals surface area (Å²) in [7, 11) is 0. The smallest absolute Gasteiger partial charge is 0.00264 e. The maximum absolute atomic E-state index is 2.37. The first-order chi connectivity index (χ1) is 26.8. The fourth-order valence-corrected chi connectivity index (χ4v) is 8.85. The summed E-state index contributed by atoms with van der Waals surface area (Å²) in [5, 5.41) is 15.3. The third-order valence-electron chi connectivity index (χ3n) is 11.4. The van der Waals surface area contributed by atoms with Crippen LogP contribution in [-0.2, 0) is 0 Å². The van der Waals surface area contributed by atoms with Crippen LogP contribution in [0.2, 0.25) is 0 Å². The van der Waals surface area contributed by atoms with E-state index in [-0.39, 0.29) is 0 Å². The quantitative estimate of drug-likeness (QED) is 0.128. The van der Waals surface area contributed by atoms with E-state index in [9.17, 15) is 0 Å². The Morgan fingerprint density at radius 1 is 0.167 bits per heavy atom. The minimum absolute atomic E-state index is 1.21. The van der Waals surface area contributed by atoms with Crippen LogP contribution in [0.5, 0.6) is 0 Å². The third-order valence-corrected chi connectivity index (χ3v) is 11.4. The lowest BCUT2D eigenvalue weighted by molar-refractivity contribution is 1.58. The van der Waals surface area contributed by atoms with Gasteiger partial charge in [0.1, 0.15) is 0 Å². The lowest BCUT2D eigenvalue weighted by Gasteiger charge is -2.16. The van der Waals surface area contributed by atoms with E-state index in [1.54, 1.807) is 0 Å². The molecular weight excluding hydrogens is 649 g/mol. The molecule has 0 unspecified atom stereocenters. The molecule has 0 radical (unpaired) electrons. The van der Waals surface area contributed by atoms with E-state index in [1.165, 1.54) is 109 Å². The minimum atomic E-state index is 1.21. The van der Waals surface area contributed by atoms with Gasteiger partial charge in [-0.05, 0) is 139 Å². The molecule has 0 atom stereocenters. The van der Waals surface area contributed by atoms with Crippen LogP contribution in [0.1, 0.15) is 0 Å². The van der Waals surface area contributed by atoms with Crippen LogP contribution < -0.4 is 0 Å². The molecule has 0 nitrogen and oxygen atoms in total. The largest absolute Gasteiger partial charge is 0.0616 e. The van der Waals surface area contributed by atoms with E-state index in [0.717, 1.165) is 0 Å². The summed E-state index contributed by atoms with van der Waals surface area (Å²) in [6.07, 6.45) is 0. The molecule has 0 heteroatoms. The summed E-state index contributed by atoms with van der Waals surface area (Å²) in [6, 6.07) is 76.1. The highest BCUT2D eigenvalue weighted by molar-refractivity contribution is 6.21. The Bertz CT molecular complexity index is 3060. The van der Waals surface area contributed by atoms with Gasteiger partial charge in [0.2, 0.25) is 0 Å². The van der Waals surface area contributed by atoms with Crippen molar-refractivity contribution in [2.24, 2.45) is 0 Å². The lowest BCUT2D eigenvalue weighted by atomic mass is 9.88. The average molecular weight is 683 g/mol. The molecule has 11 aromatic rings. The van der Waals surface area contributed by atoms with Crippen molar-refractivity contribution in [3.05, 3.63) is 206 Å². The SMILES string of the molecule is c1cc(-c2cccc(-c3c4ccccc4cc4c3ccc3ccccc34)c2)cc(-c2cccc(-c3c4ccccc4cc4c3ccc3ccccc34)c2)c1. The molecule has 0 aliphatic rings. The van der Waals surface area contributed by atoms with Crippen molar-refractivity contribution in [1.29, 1.82) is 0 Å². The van der Waals surface area contributed by atoms with Crippen molar-refractivity contribution >= 4 is 64.6 Å². The van der Waals surface area contributed by atoms with Crippen LogP contribution in [-0.4, -0.2) is 0 Å². The first-order valence-corrected chi connectivity index (χ1v) is 18.7. The fourth-order valence-electron chi connectivity index (χ4n) is 8.85. The van der Waals surface area contributed by atoms with Gasteiger partial charge >= 0.3 is 0 Å². The molecule has 0 saturated heterocycles. The maximum atomic E-state index is 2.37. The first-order valence-electron chi connectivity index (χ1n) is 18.7. The highest BCUT2D eigenvalue weighted by Gasteiger charge is 2.15. The second-order valence-electron chi connectivity index (χ2n) is 14.5. The minimum Gasteiger partial charge on any atom is -0.0616 e. The van der Waals surface area contributed by atoms with E-state index < -0.39 is 0 Å². The molecular formula is C54H34. The number of hydrogen-bond acceptors (Lipinski definition) is 0. The van der Waals surface area contributed by atoms with E-state index in [0.29, 0.717) is 0 Å². The highest BCUT2D eigenvalue weighted by Crippen LogP contribution is 2.42. The molecule has 0 saturated carbocycles. The average Bonchev–Trinajstić information content (AvgIpc) is 3.25. The Hall–Kier alpha value is -7.02. The van der Waals surface area contributed by atoms with Gasteiger partial charge in [0.05, 0.1) is 0 Å². The van der Waals surface area contributed by atoms with Crippen molar-refractivity contribution in [3.8, 4) is 44.5 Å². The van der Waals surface area contributed by atoms with E-state index in [2.05, 4.69) is 206 Å². The summed E-state index contributed by atoms with van der Waals surface area (Å²) in [5.41, 5.74) is 9.86. The van der Waals surface area contributed by atoms with Crippen molar-refractivity contribution in [2.45, 2.75) is 0 Å². The number of benzene rings is 11. The molecule has 11 rings (SSSR count). The third kappa shape index (κ3) is 4.92. The molecule has 0 N–H and O–H groups in total. The maximum Gasteiger partial charge on any atom is -0.00264 e. The van der Waals surface area contributed by atoms with Crippen LogP contribution in [0.25, 0.3) is 109 Å². The number of hydrogen-bond donors (Lipinski definition) is 0. The molecule has 0 bridgehead atoms. The van der Waals surface area contributed by atoms with Gasteiger partial charge in [0.15, 0.2) is 0 Å². The van der Waals surface area contributed by atoms with Gasteiger partial charge in [-0.15, -0.1) is 0 Å². The van der Waals surface area contributed by atoms with Crippen LogP contribution in [0.3, 0.4) is 0 Å². The zero-order valence-electron chi connectivity index (χ0n) is 29.6. The molecule has 0 amide bonds. The predicted octanol–water partition coefficient (Wildman–Crippen LogP) is 15.3. The van der Waals surface area contributed by atoms with Crippen molar-refractivity contribution in [3.63, 3.8) is 0 Å². The zero-order valence-corrected chi connectivity index (χ0v) is 29.6. The van der Waals surface area contributed by atoms with Crippen LogP contribution in [0.15, 0.2) is 206 Å². The van der Waals surface area contributed by atoms with Gasteiger partial charge in [0.25, 0.3) is 0 Å². The van der Waals surface area contributed by atoms with Gasteiger partial charge < -0.3 is 0 Å². The highest BCUT2D eigenvalue weighted by atomic mass is 14.2. The Balaban J connectivity index is 1.05. The lowest BCUT2D eigenvalue weighted by Crippen LogP contribution is -1.89. The topological polar surface area (TPSA) is 0 Å². The van der Waals surface area contributed by atoms with Gasteiger partial charge in [-0.3, -0.25) is 0 Å². The second kappa shape index (κ2) is 12.3. The molecule has 0 spiro atoms. The monoisotopic (exact) mass is 682 g/mol. The Labute approximate surface area is 314 Å². The van der Waals surface area contributed by atoms with E-state index >= 15 is 0 Å². The fraction of sp³-hybridized carbons (Fsp3) is 0. The van der Waals surface area contributed by atoms with Crippen molar-refractivity contribution in [1.82, 2.24) is 0 Å². The molecule has 11 aromatic carbocycles. The number of fused-ring (bicyclic) bond motifs is 8. The van der Waals surface area contributed by atoms with Gasteiger partial charge in [-0.1, -0.05) is 176 Å². The summed E-state index contributed by atoms with van der Waals surface area (Å²) >= 11 is 0. The van der Waals surface area contributed by atoms with Crippen molar-refractivity contribution in [2.75, 3.05) is 0 Å². The second-order valence-corrected chi connectivity index (χ2v) is 14.5. The van der Waals surface area contributed by atoms with Crippen molar-refractivity contribution < 1.29 is 0 Å². The van der Waals surface area contributed by atoms with Gasteiger partial charge in [-0.2, -0.15) is 0 Å². The van der Waals surface area contributed by atoms with E-state index in [4.69, 9.17) is 0 Å². The van der Waals surface area contributed by atoms with Gasteiger partial charge in [-0.25, -0.2) is 0 Å². The van der Waals surface area contributed by atoms with Crippen LogP contribution in [0, 0.1) is 0 Å². The Morgan fingerprint density at radius 2 is 0.500 bits per heavy atom. The summed E-state index contributed by atoms with van der Waals surface area (Å²) in [4.78, 5) is 0. The Kier molecular flexibility index (Phi) is 6.97.